The maximum atomic E-state index is 13.1. The summed E-state index contributed by atoms with van der Waals surface area (Å²) < 4.78 is 7.51. The largest absolute Gasteiger partial charge is 0.490 e. The summed E-state index contributed by atoms with van der Waals surface area (Å²) in [5, 5.41) is 13.8. The number of amides is 1. The molecule has 1 aromatic heterocycles. The lowest BCUT2D eigenvalue weighted by atomic mass is 10.0. The molecule has 0 fully saturated rings. The van der Waals surface area contributed by atoms with Crippen molar-refractivity contribution in [3.8, 4) is 11.8 Å². The lowest BCUT2D eigenvalue weighted by Crippen LogP contribution is -2.36. The van der Waals surface area contributed by atoms with E-state index in [2.05, 4.69) is 5.10 Å². The van der Waals surface area contributed by atoms with Gasteiger partial charge in [-0.25, -0.2) is 0 Å². The zero-order chi connectivity index (χ0) is 18.1. The molecule has 2 heterocycles. The monoisotopic (exact) mass is 358 g/mol. The summed E-state index contributed by atoms with van der Waals surface area (Å²) in [6, 6.07) is 5.23. The van der Waals surface area contributed by atoms with Crippen LogP contribution in [0.2, 0.25) is 5.02 Å². The summed E-state index contributed by atoms with van der Waals surface area (Å²) in [7, 11) is 1.87. The summed E-state index contributed by atoms with van der Waals surface area (Å²) in [5.41, 5.74) is 2.56. The number of nitrogens with zero attached hydrogens (tertiary/aromatic N) is 4. The van der Waals surface area contributed by atoms with Crippen LogP contribution in [0.1, 0.15) is 41.0 Å². The number of carbonyl (C=O) groups excluding carboxylic acids is 1. The predicted molar refractivity (Wildman–Crippen MR) is 93.6 cm³/mol. The van der Waals surface area contributed by atoms with Crippen LogP contribution in [0.3, 0.4) is 0 Å². The van der Waals surface area contributed by atoms with Gasteiger partial charge in [-0.3, -0.25) is 9.48 Å². The van der Waals surface area contributed by atoms with E-state index in [1.54, 1.807) is 21.7 Å². The molecule has 0 N–H and O–H groups in total. The van der Waals surface area contributed by atoms with Gasteiger partial charge in [0.15, 0.2) is 0 Å². The summed E-state index contributed by atoms with van der Waals surface area (Å²) >= 11 is 6.35. The van der Waals surface area contributed by atoms with E-state index < -0.39 is 0 Å². The first-order valence-electron chi connectivity index (χ1n) is 8.10. The third-order valence-corrected chi connectivity index (χ3v) is 4.45. The summed E-state index contributed by atoms with van der Waals surface area (Å²) in [6.07, 6.45) is 2.51. The number of carbonyl (C=O) groups is 1. The van der Waals surface area contributed by atoms with Crippen molar-refractivity contribution in [1.29, 1.82) is 5.26 Å². The number of hydrogen-bond acceptors (Lipinski definition) is 4. The van der Waals surface area contributed by atoms with Crippen molar-refractivity contribution in [2.45, 2.75) is 32.9 Å². The molecule has 0 aliphatic carbocycles. The van der Waals surface area contributed by atoms with Crippen molar-refractivity contribution < 1.29 is 9.53 Å². The van der Waals surface area contributed by atoms with E-state index in [1.807, 2.05) is 33.2 Å². The Morgan fingerprint density at radius 1 is 1.44 bits per heavy atom. The zero-order valence-electron chi connectivity index (χ0n) is 14.4. The smallest absolute Gasteiger partial charge is 0.259 e. The standard InChI is InChI=1S/C18H19ClN4O2/c1-11(2)25-15-5-4-12(8-20)17(19)16(15)18(24)23-7-6-14-13(10-23)9-22(3)21-14/h4-5,9,11H,6-7,10H2,1-3H3. The Bertz CT molecular complexity index is 867. The van der Waals surface area contributed by atoms with Gasteiger partial charge in [0.25, 0.3) is 5.91 Å². The molecule has 2 aromatic rings. The van der Waals surface area contributed by atoms with Gasteiger partial charge in [-0.15, -0.1) is 0 Å². The molecule has 3 rings (SSSR count). The number of nitriles is 1. The van der Waals surface area contributed by atoms with Gasteiger partial charge in [-0.05, 0) is 26.0 Å². The van der Waals surface area contributed by atoms with Crippen LogP contribution in [-0.2, 0) is 20.0 Å². The number of hydrogen-bond donors (Lipinski definition) is 0. The van der Waals surface area contributed by atoms with Gasteiger partial charge < -0.3 is 9.64 Å². The molecular formula is C18H19ClN4O2. The van der Waals surface area contributed by atoms with Gasteiger partial charge in [0.05, 0.1) is 22.4 Å². The first kappa shape index (κ1) is 17.3. The highest BCUT2D eigenvalue weighted by atomic mass is 35.5. The Balaban J connectivity index is 1.97. The van der Waals surface area contributed by atoms with E-state index in [4.69, 9.17) is 16.3 Å². The topological polar surface area (TPSA) is 71.2 Å². The molecule has 0 radical (unpaired) electrons. The minimum atomic E-state index is -0.229. The van der Waals surface area contributed by atoms with Crippen molar-refractivity contribution in [3.63, 3.8) is 0 Å². The van der Waals surface area contributed by atoms with Crippen molar-refractivity contribution in [2.24, 2.45) is 7.05 Å². The normalized spacial score (nSPS) is 13.5. The number of rotatable bonds is 3. The Labute approximate surface area is 151 Å². The minimum Gasteiger partial charge on any atom is -0.490 e. The summed E-state index contributed by atoms with van der Waals surface area (Å²) in [6.45, 7) is 4.78. The van der Waals surface area contributed by atoms with E-state index >= 15 is 0 Å². The SMILES string of the molecule is CC(C)Oc1ccc(C#N)c(Cl)c1C(=O)N1CCc2nn(C)cc2C1. The molecule has 1 amide bonds. The van der Waals surface area contributed by atoms with Crippen LogP contribution < -0.4 is 4.74 Å². The molecule has 0 unspecified atom stereocenters. The zero-order valence-corrected chi connectivity index (χ0v) is 15.2. The van der Waals surface area contributed by atoms with Crippen LogP contribution in [-0.4, -0.2) is 33.2 Å². The second-order valence-electron chi connectivity index (χ2n) is 6.33. The predicted octanol–water partition coefficient (Wildman–Crippen LogP) is 2.93. The molecule has 7 heteroatoms. The maximum absolute atomic E-state index is 13.1. The number of aryl methyl sites for hydroxylation is 1. The Hall–Kier alpha value is -2.52. The first-order chi connectivity index (χ1) is 11.9. The average molecular weight is 359 g/mol. The maximum Gasteiger partial charge on any atom is 0.259 e. The van der Waals surface area contributed by atoms with Crippen molar-refractivity contribution in [3.05, 3.63) is 45.7 Å². The number of ether oxygens (including phenoxy) is 1. The van der Waals surface area contributed by atoms with E-state index in [0.717, 1.165) is 11.3 Å². The highest BCUT2D eigenvalue weighted by molar-refractivity contribution is 6.35. The molecule has 1 aliphatic rings. The first-order valence-corrected chi connectivity index (χ1v) is 8.48. The van der Waals surface area contributed by atoms with Gasteiger partial charge in [0.2, 0.25) is 0 Å². The molecule has 0 saturated carbocycles. The minimum absolute atomic E-state index is 0.109. The molecule has 0 spiro atoms. The molecule has 0 bridgehead atoms. The molecular weight excluding hydrogens is 340 g/mol. The molecule has 0 saturated heterocycles. The van der Waals surface area contributed by atoms with Gasteiger partial charge in [0.1, 0.15) is 17.4 Å². The third kappa shape index (κ3) is 3.33. The molecule has 6 nitrogen and oxygen atoms in total. The molecule has 130 valence electrons. The molecule has 0 atom stereocenters. The number of benzene rings is 1. The molecule has 25 heavy (non-hydrogen) atoms. The van der Waals surface area contributed by atoms with E-state index in [-0.39, 0.29) is 28.2 Å². The Morgan fingerprint density at radius 3 is 2.88 bits per heavy atom. The Kier molecular flexibility index (Phi) is 4.69. The molecule has 1 aliphatic heterocycles. The Morgan fingerprint density at radius 2 is 2.20 bits per heavy atom. The van der Waals surface area contributed by atoms with Crippen molar-refractivity contribution in [1.82, 2.24) is 14.7 Å². The van der Waals surface area contributed by atoms with Crippen LogP contribution >= 0.6 is 11.6 Å². The highest BCUT2D eigenvalue weighted by Gasteiger charge is 2.28. The summed E-state index contributed by atoms with van der Waals surface area (Å²) in [4.78, 5) is 14.9. The van der Waals surface area contributed by atoms with Gasteiger partial charge >= 0.3 is 0 Å². The lowest BCUT2D eigenvalue weighted by Gasteiger charge is -2.27. The highest BCUT2D eigenvalue weighted by Crippen LogP contribution is 2.33. The van der Waals surface area contributed by atoms with Crippen LogP contribution in [0.4, 0.5) is 0 Å². The van der Waals surface area contributed by atoms with Crippen LogP contribution in [0.25, 0.3) is 0 Å². The van der Waals surface area contributed by atoms with Crippen molar-refractivity contribution >= 4 is 17.5 Å². The van der Waals surface area contributed by atoms with Gasteiger partial charge in [0, 0.05) is 38.3 Å². The number of halogens is 1. The molecule has 1 aromatic carbocycles. The van der Waals surface area contributed by atoms with E-state index in [0.29, 0.717) is 25.3 Å². The fraction of sp³-hybridized carbons (Fsp3) is 0.389. The van der Waals surface area contributed by atoms with Crippen molar-refractivity contribution in [2.75, 3.05) is 6.54 Å². The van der Waals surface area contributed by atoms with Gasteiger partial charge in [-0.2, -0.15) is 10.4 Å². The van der Waals surface area contributed by atoms with Gasteiger partial charge in [-0.1, -0.05) is 11.6 Å². The van der Waals surface area contributed by atoms with E-state index in [9.17, 15) is 10.1 Å². The second-order valence-corrected chi connectivity index (χ2v) is 6.71. The average Bonchev–Trinajstić information content (AvgIpc) is 2.93. The number of fused-ring (bicyclic) bond motifs is 1. The third-order valence-electron chi connectivity index (χ3n) is 4.06. The second kappa shape index (κ2) is 6.77. The van der Waals surface area contributed by atoms with Crippen LogP contribution in [0.5, 0.6) is 5.75 Å². The fourth-order valence-corrected chi connectivity index (χ4v) is 3.26. The summed E-state index contributed by atoms with van der Waals surface area (Å²) in [5.74, 6) is 0.174. The lowest BCUT2D eigenvalue weighted by molar-refractivity contribution is 0.0728. The van der Waals surface area contributed by atoms with Crippen LogP contribution in [0.15, 0.2) is 18.3 Å². The fourth-order valence-electron chi connectivity index (χ4n) is 2.98. The quantitative estimate of drug-likeness (QED) is 0.845. The van der Waals surface area contributed by atoms with E-state index in [1.165, 1.54) is 0 Å². The van der Waals surface area contributed by atoms with Crippen LogP contribution in [0, 0.1) is 11.3 Å². The number of aromatic nitrogens is 2.